The van der Waals surface area contributed by atoms with Crippen LogP contribution in [-0.4, -0.2) is 22.5 Å². The van der Waals surface area contributed by atoms with Gasteiger partial charge in [-0.3, -0.25) is 10.4 Å². The van der Waals surface area contributed by atoms with Crippen molar-refractivity contribution >= 4 is 17.5 Å². The Hall–Kier alpha value is -3.49. The second kappa shape index (κ2) is 7.64. The molecule has 0 saturated heterocycles. The number of fused-ring (bicyclic) bond motifs is 1. The fraction of sp³-hybridized carbons (Fsp3) is 0.217. The normalized spacial score (nSPS) is 20.4. The van der Waals surface area contributed by atoms with Gasteiger partial charge in [-0.1, -0.05) is 18.2 Å². The van der Waals surface area contributed by atoms with E-state index in [0.717, 1.165) is 36.3 Å². The number of hydrogen-bond donors (Lipinski definition) is 4. The lowest BCUT2D eigenvalue weighted by Crippen LogP contribution is -2.51. The molecular weight excluding hydrogens is 393 g/mol. The summed E-state index contributed by atoms with van der Waals surface area (Å²) in [6.45, 7) is 1.84. The van der Waals surface area contributed by atoms with Crippen LogP contribution >= 0.6 is 0 Å². The molecule has 1 unspecified atom stereocenters. The molecule has 0 amide bonds. The molecule has 0 aliphatic carbocycles. The maximum atomic E-state index is 13.9. The van der Waals surface area contributed by atoms with Crippen LogP contribution < -0.4 is 21.7 Å². The molecule has 1 atom stereocenters. The molecule has 3 aromatic rings. The fourth-order valence-electron chi connectivity index (χ4n) is 3.97. The predicted molar refractivity (Wildman–Crippen MR) is 119 cm³/mol. The Morgan fingerprint density at radius 3 is 2.90 bits per heavy atom. The number of nitrogens with two attached hydrogens (primary N) is 1. The maximum Gasteiger partial charge on any atom is 0.210 e. The second-order valence-electron chi connectivity index (χ2n) is 7.89. The van der Waals surface area contributed by atoms with E-state index in [-0.39, 0.29) is 5.82 Å². The lowest BCUT2D eigenvalue weighted by molar-refractivity contribution is 0.398. The molecule has 1 aromatic heterocycles. The van der Waals surface area contributed by atoms with Gasteiger partial charge in [-0.15, -0.1) is 0 Å². The molecule has 0 spiro atoms. The van der Waals surface area contributed by atoms with E-state index in [0.29, 0.717) is 11.4 Å². The number of halogens is 1. The van der Waals surface area contributed by atoms with E-state index in [2.05, 4.69) is 44.2 Å². The van der Waals surface area contributed by atoms with Crippen LogP contribution in [0.25, 0.3) is 5.57 Å². The first-order valence-corrected chi connectivity index (χ1v) is 10.2. The van der Waals surface area contributed by atoms with Crippen molar-refractivity contribution in [2.45, 2.75) is 18.8 Å². The molecule has 0 saturated carbocycles. The molecule has 5 rings (SSSR count). The van der Waals surface area contributed by atoms with Crippen molar-refractivity contribution in [2.24, 2.45) is 17.8 Å². The van der Waals surface area contributed by atoms with Crippen molar-refractivity contribution in [3.63, 3.8) is 0 Å². The fourth-order valence-corrected chi connectivity index (χ4v) is 3.97. The summed E-state index contributed by atoms with van der Waals surface area (Å²) in [5, 5.41) is 14.4. The van der Waals surface area contributed by atoms with Crippen molar-refractivity contribution in [2.75, 3.05) is 11.9 Å². The lowest BCUT2D eigenvalue weighted by atomic mass is 10.00. The van der Waals surface area contributed by atoms with Gasteiger partial charge >= 0.3 is 0 Å². The minimum absolute atomic E-state index is 0.363. The number of aromatic nitrogens is 2. The average molecular weight is 417 g/mol. The molecule has 7 nitrogen and oxygen atoms in total. The first-order valence-electron chi connectivity index (χ1n) is 10.2. The number of nitrogens with one attached hydrogen (secondary N) is 3. The molecule has 2 aromatic carbocycles. The summed E-state index contributed by atoms with van der Waals surface area (Å²) < 4.78 is 15.6. The molecule has 3 heterocycles. The van der Waals surface area contributed by atoms with E-state index in [1.165, 1.54) is 23.3 Å². The van der Waals surface area contributed by atoms with Crippen molar-refractivity contribution in [1.29, 1.82) is 0 Å². The number of hydrogen-bond acceptors (Lipinski definition) is 6. The number of allylic oxidation sites excluding steroid dienone is 1. The minimum Gasteiger partial charge on any atom is -0.341 e. The van der Waals surface area contributed by atoms with Crippen molar-refractivity contribution in [3.8, 4) is 0 Å². The second-order valence-corrected chi connectivity index (χ2v) is 7.89. The molecule has 8 heteroatoms. The Bertz CT molecular complexity index is 1200. The van der Waals surface area contributed by atoms with Crippen LogP contribution in [0.4, 0.5) is 10.1 Å². The standard InChI is InChI=1S/C23H24FN7/c1-31-14-17(12-28-31)21-13-27-23(25,18-3-2-4-19(24)10-18)30-22(21)29-20-6-5-15-7-8-26-11-16(15)9-20/h2-6,9-10,12-14,26,29-30H,7-8,11,25H2,1H3. The van der Waals surface area contributed by atoms with Gasteiger partial charge < -0.3 is 16.0 Å². The van der Waals surface area contributed by atoms with Gasteiger partial charge in [0, 0.05) is 48.4 Å². The Morgan fingerprint density at radius 2 is 2.10 bits per heavy atom. The van der Waals surface area contributed by atoms with Crippen LogP contribution in [0.2, 0.25) is 0 Å². The van der Waals surface area contributed by atoms with Gasteiger partial charge in [0.2, 0.25) is 5.79 Å². The van der Waals surface area contributed by atoms with Gasteiger partial charge in [0.15, 0.2) is 0 Å². The first-order chi connectivity index (χ1) is 15.0. The molecule has 2 aliphatic heterocycles. The molecule has 31 heavy (non-hydrogen) atoms. The Balaban J connectivity index is 1.53. The largest absolute Gasteiger partial charge is 0.341 e. The number of aryl methyl sites for hydroxylation is 1. The van der Waals surface area contributed by atoms with E-state index >= 15 is 0 Å². The Labute approximate surface area is 179 Å². The van der Waals surface area contributed by atoms with E-state index < -0.39 is 5.79 Å². The number of aliphatic imine (C=N–C) groups is 1. The summed E-state index contributed by atoms with van der Waals surface area (Å²) in [6, 6.07) is 12.5. The van der Waals surface area contributed by atoms with Crippen molar-refractivity contribution in [1.82, 2.24) is 20.4 Å². The number of rotatable bonds is 4. The summed E-state index contributed by atoms with van der Waals surface area (Å²) in [7, 11) is 1.86. The SMILES string of the molecule is Cn1cc(C2=C(Nc3ccc4c(c3)CNCC4)NC(N)(c3cccc(F)c3)N=C2)cn1. The van der Waals surface area contributed by atoms with Crippen LogP contribution in [0.1, 0.15) is 22.3 Å². The molecule has 5 N–H and O–H groups in total. The summed E-state index contributed by atoms with van der Waals surface area (Å²) >= 11 is 0. The summed E-state index contributed by atoms with van der Waals surface area (Å²) in [6.07, 6.45) is 6.41. The zero-order valence-corrected chi connectivity index (χ0v) is 17.2. The summed E-state index contributed by atoms with van der Waals surface area (Å²) in [5.74, 6) is -0.983. The third-order valence-corrected chi connectivity index (χ3v) is 5.62. The highest BCUT2D eigenvalue weighted by atomic mass is 19.1. The highest BCUT2D eigenvalue weighted by Crippen LogP contribution is 2.29. The molecule has 0 bridgehead atoms. The molecule has 0 fully saturated rings. The van der Waals surface area contributed by atoms with Crippen molar-refractivity contribution < 1.29 is 4.39 Å². The van der Waals surface area contributed by atoms with Gasteiger partial charge in [-0.05, 0) is 48.4 Å². The Morgan fingerprint density at radius 1 is 1.19 bits per heavy atom. The third kappa shape index (κ3) is 3.83. The highest BCUT2D eigenvalue weighted by molar-refractivity contribution is 6.12. The average Bonchev–Trinajstić information content (AvgIpc) is 3.20. The Kier molecular flexibility index (Phi) is 4.80. The van der Waals surface area contributed by atoms with E-state index in [4.69, 9.17) is 5.73 Å². The van der Waals surface area contributed by atoms with Crippen LogP contribution in [-0.2, 0) is 25.8 Å². The number of anilines is 1. The first kappa shape index (κ1) is 19.5. The summed E-state index contributed by atoms with van der Waals surface area (Å²) in [5.41, 5.74) is 12.4. The minimum atomic E-state index is -1.30. The summed E-state index contributed by atoms with van der Waals surface area (Å²) in [4.78, 5) is 4.53. The quantitative estimate of drug-likeness (QED) is 0.523. The van der Waals surface area contributed by atoms with Gasteiger partial charge in [-0.2, -0.15) is 5.10 Å². The van der Waals surface area contributed by atoms with Crippen molar-refractivity contribution in [3.05, 3.63) is 88.8 Å². The zero-order valence-electron chi connectivity index (χ0n) is 17.2. The number of nitrogens with zero attached hydrogens (tertiary/aromatic N) is 3. The van der Waals surface area contributed by atoms with E-state index in [1.807, 2.05) is 13.2 Å². The van der Waals surface area contributed by atoms with Gasteiger partial charge in [0.25, 0.3) is 0 Å². The maximum absolute atomic E-state index is 13.9. The smallest absolute Gasteiger partial charge is 0.210 e. The zero-order chi connectivity index (χ0) is 21.4. The van der Waals surface area contributed by atoms with Crippen LogP contribution in [0.3, 0.4) is 0 Å². The molecular formula is C23H24FN7. The van der Waals surface area contributed by atoms with Crippen LogP contribution in [0.15, 0.2) is 65.7 Å². The van der Waals surface area contributed by atoms with E-state index in [1.54, 1.807) is 29.2 Å². The number of benzene rings is 2. The lowest BCUT2D eigenvalue weighted by Gasteiger charge is -2.34. The third-order valence-electron chi connectivity index (χ3n) is 5.62. The monoisotopic (exact) mass is 417 g/mol. The molecule has 0 radical (unpaired) electrons. The van der Waals surface area contributed by atoms with Crippen LogP contribution in [0.5, 0.6) is 0 Å². The van der Waals surface area contributed by atoms with Gasteiger partial charge in [0.1, 0.15) is 11.6 Å². The topological polar surface area (TPSA) is 92.3 Å². The van der Waals surface area contributed by atoms with Crippen LogP contribution in [0, 0.1) is 5.82 Å². The van der Waals surface area contributed by atoms with Gasteiger partial charge in [-0.25, -0.2) is 9.38 Å². The highest BCUT2D eigenvalue weighted by Gasteiger charge is 2.32. The predicted octanol–water partition coefficient (Wildman–Crippen LogP) is 2.43. The molecule has 2 aliphatic rings. The molecule has 158 valence electrons. The van der Waals surface area contributed by atoms with E-state index in [9.17, 15) is 4.39 Å². The van der Waals surface area contributed by atoms with Gasteiger partial charge in [0.05, 0.1) is 6.20 Å².